The van der Waals surface area contributed by atoms with Crippen LogP contribution in [-0.2, 0) is 14.3 Å². The molecule has 1 saturated heterocycles. The molecule has 104 valence electrons. The second-order valence-electron chi connectivity index (χ2n) is 4.68. The third-order valence-electron chi connectivity index (χ3n) is 2.75. The van der Waals surface area contributed by atoms with Crippen LogP contribution >= 0.6 is 11.8 Å². The quantitative estimate of drug-likeness (QED) is 0.743. The van der Waals surface area contributed by atoms with Crippen molar-refractivity contribution in [1.29, 1.82) is 0 Å². The van der Waals surface area contributed by atoms with Crippen LogP contribution in [0.4, 0.5) is 0 Å². The van der Waals surface area contributed by atoms with E-state index >= 15 is 0 Å². The van der Waals surface area contributed by atoms with Crippen LogP contribution in [0.2, 0.25) is 0 Å². The van der Waals surface area contributed by atoms with Crippen molar-refractivity contribution in [2.24, 2.45) is 5.92 Å². The van der Waals surface area contributed by atoms with Crippen LogP contribution in [0.1, 0.15) is 27.2 Å². The van der Waals surface area contributed by atoms with Crippen molar-refractivity contribution in [3.05, 3.63) is 0 Å². The molecular weight excluding hydrogens is 254 g/mol. The average molecular weight is 275 g/mol. The lowest BCUT2D eigenvalue weighted by Crippen LogP contribution is -2.48. The van der Waals surface area contributed by atoms with Crippen molar-refractivity contribution in [1.82, 2.24) is 4.90 Å². The van der Waals surface area contributed by atoms with Gasteiger partial charge in [-0.3, -0.25) is 4.79 Å². The Balaban J connectivity index is 2.70. The first kappa shape index (κ1) is 15.3. The van der Waals surface area contributed by atoms with Crippen LogP contribution < -0.4 is 0 Å². The molecule has 1 rings (SSSR count). The lowest BCUT2D eigenvalue weighted by molar-refractivity contribution is -0.151. The van der Waals surface area contributed by atoms with E-state index in [4.69, 9.17) is 9.84 Å². The molecule has 1 aliphatic rings. The first-order chi connectivity index (χ1) is 8.49. The first-order valence-electron chi connectivity index (χ1n) is 6.22. The maximum Gasteiger partial charge on any atom is 0.327 e. The SMILES string of the molecule is CCCOCC(=O)N1C(C(=O)O)CSC1C(C)C. The molecule has 1 fully saturated rings. The Morgan fingerprint density at radius 3 is 2.67 bits per heavy atom. The number of ether oxygens (including phenoxy) is 1. The summed E-state index contributed by atoms with van der Waals surface area (Å²) in [5, 5.41) is 9.09. The Kier molecular flexibility index (Phi) is 5.95. The van der Waals surface area contributed by atoms with Crippen molar-refractivity contribution in [2.45, 2.75) is 38.6 Å². The van der Waals surface area contributed by atoms with E-state index in [-0.39, 0.29) is 23.8 Å². The minimum Gasteiger partial charge on any atom is -0.480 e. The monoisotopic (exact) mass is 275 g/mol. The van der Waals surface area contributed by atoms with Crippen molar-refractivity contribution in [2.75, 3.05) is 19.0 Å². The summed E-state index contributed by atoms with van der Waals surface area (Å²) in [6, 6.07) is -0.722. The van der Waals surface area contributed by atoms with Gasteiger partial charge in [0.05, 0.1) is 5.37 Å². The minimum absolute atomic E-state index is 0.0264. The summed E-state index contributed by atoms with van der Waals surface area (Å²) in [7, 11) is 0. The number of carbonyl (C=O) groups is 2. The molecule has 0 aromatic heterocycles. The molecule has 1 heterocycles. The molecule has 0 aromatic carbocycles. The van der Waals surface area contributed by atoms with E-state index in [2.05, 4.69) is 0 Å². The van der Waals surface area contributed by atoms with Gasteiger partial charge < -0.3 is 14.7 Å². The summed E-state index contributed by atoms with van der Waals surface area (Å²) >= 11 is 1.53. The number of rotatable bonds is 6. The Morgan fingerprint density at radius 2 is 2.17 bits per heavy atom. The predicted molar refractivity (Wildman–Crippen MR) is 70.5 cm³/mol. The van der Waals surface area contributed by atoms with Crippen LogP contribution in [-0.4, -0.2) is 52.3 Å². The second-order valence-corrected chi connectivity index (χ2v) is 5.83. The van der Waals surface area contributed by atoms with Gasteiger partial charge in [-0.25, -0.2) is 4.79 Å². The van der Waals surface area contributed by atoms with Gasteiger partial charge in [-0.1, -0.05) is 20.8 Å². The van der Waals surface area contributed by atoms with Crippen LogP contribution in [0.25, 0.3) is 0 Å². The Labute approximate surface area is 112 Å². The minimum atomic E-state index is -0.936. The molecule has 0 aromatic rings. The van der Waals surface area contributed by atoms with E-state index in [9.17, 15) is 9.59 Å². The third-order valence-corrected chi connectivity index (χ3v) is 4.37. The number of thioether (sulfide) groups is 1. The Hall–Kier alpha value is -0.750. The zero-order valence-corrected chi connectivity index (χ0v) is 11.9. The molecule has 2 atom stereocenters. The van der Waals surface area contributed by atoms with Gasteiger partial charge in [-0.15, -0.1) is 11.8 Å². The number of hydrogen-bond acceptors (Lipinski definition) is 4. The fourth-order valence-corrected chi connectivity index (χ4v) is 3.42. The number of aliphatic carboxylic acids is 1. The van der Waals surface area contributed by atoms with E-state index in [0.29, 0.717) is 12.4 Å². The van der Waals surface area contributed by atoms with Gasteiger partial charge >= 0.3 is 5.97 Å². The molecule has 1 N–H and O–H groups in total. The number of carboxylic acid groups (broad SMARTS) is 1. The summed E-state index contributed by atoms with van der Waals surface area (Å²) < 4.78 is 5.22. The van der Waals surface area contributed by atoms with E-state index < -0.39 is 12.0 Å². The summed E-state index contributed by atoms with van der Waals surface area (Å²) in [4.78, 5) is 24.7. The van der Waals surface area contributed by atoms with Crippen LogP contribution in [0.15, 0.2) is 0 Å². The predicted octanol–water partition coefficient (Wildman–Crippen LogP) is 1.42. The molecule has 1 amide bonds. The van der Waals surface area contributed by atoms with Gasteiger partial charge in [-0.05, 0) is 12.3 Å². The lowest BCUT2D eigenvalue weighted by Gasteiger charge is -2.29. The molecule has 2 unspecified atom stereocenters. The van der Waals surface area contributed by atoms with Crippen molar-refractivity contribution in [3.63, 3.8) is 0 Å². The van der Waals surface area contributed by atoms with Gasteiger partial charge in [0, 0.05) is 12.4 Å². The number of nitrogens with zero attached hydrogens (tertiary/aromatic N) is 1. The molecule has 18 heavy (non-hydrogen) atoms. The molecule has 0 radical (unpaired) electrons. The largest absolute Gasteiger partial charge is 0.480 e. The van der Waals surface area contributed by atoms with Crippen molar-refractivity contribution >= 4 is 23.6 Å². The summed E-state index contributed by atoms with van der Waals surface area (Å²) in [6.45, 7) is 6.45. The highest BCUT2D eigenvalue weighted by atomic mass is 32.2. The third kappa shape index (κ3) is 3.62. The van der Waals surface area contributed by atoms with E-state index in [0.717, 1.165) is 6.42 Å². The number of carbonyl (C=O) groups excluding carboxylic acids is 1. The first-order valence-corrected chi connectivity index (χ1v) is 7.27. The Bertz CT molecular complexity index is 308. The smallest absolute Gasteiger partial charge is 0.327 e. The highest BCUT2D eigenvalue weighted by molar-refractivity contribution is 8.00. The van der Waals surface area contributed by atoms with Crippen LogP contribution in [0, 0.1) is 5.92 Å². The number of amides is 1. The molecule has 5 nitrogen and oxygen atoms in total. The van der Waals surface area contributed by atoms with Gasteiger partial charge in [0.1, 0.15) is 12.6 Å². The molecule has 0 aliphatic carbocycles. The molecule has 1 aliphatic heterocycles. The number of hydrogen-bond donors (Lipinski definition) is 1. The molecule has 6 heteroatoms. The van der Waals surface area contributed by atoms with Gasteiger partial charge in [0.15, 0.2) is 0 Å². The normalized spacial score (nSPS) is 23.7. The fraction of sp³-hybridized carbons (Fsp3) is 0.833. The topological polar surface area (TPSA) is 66.8 Å². The highest BCUT2D eigenvalue weighted by Gasteiger charge is 2.42. The van der Waals surface area contributed by atoms with E-state index in [1.807, 2.05) is 20.8 Å². The highest BCUT2D eigenvalue weighted by Crippen LogP contribution is 2.34. The molecule has 0 bridgehead atoms. The standard InChI is InChI=1S/C12H21NO4S/c1-4-5-17-6-10(14)13-9(12(15)16)7-18-11(13)8(2)3/h8-9,11H,4-7H2,1-3H3,(H,15,16). The van der Waals surface area contributed by atoms with E-state index in [1.165, 1.54) is 16.7 Å². The maximum absolute atomic E-state index is 12.1. The number of carboxylic acids is 1. The summed E-state index contributed by atoms with van der Waals surface area (Å²) in [5.41, 5.74) is 0. The van der Waals surface area contributed by atoms with Crippen LogP contribution in [0.5, 0.6) is 0 Å². The average Bonchev–Trinajstić information content (AvgIpc) is 2.73. The zero-order valence-electron chi connectivity index (χ0n) is 11.1. The van der Waals surface area contributed by atoms with Gasteiger partial charge in [-0.2, -0.15) is 0 Å². The fourth-order valence-electron chi connectivity index (χ4n) is 1.93. The van der Waals surface area contributed by atoms with E-state index in [1.54, 1.807) is 0 Å². The summed E-state index contributed by atoms with van der Waals surface area (Å²) in [5.74, 6) is -0.471. The Morgan fingerprint density at radius 1 is 1.50 bits per heavy atom. The summed E-state index contributed by atoms with van der Waals surface area (Å²) in [6.07, 6.45) is 0.845. The van der Waals surface area contributed by atoms with Crippen molar-refractivity contribution in [3.8, 4) is 0 Å². The van der Waals surface area contributed by atoms with Gasteiger partial charge in [0.2, 0.25) is 5.91 Å². The van der Waals surface area contributed by atoms with Crippen LogP contribution in [0.3, 0.4) is 0 Å². The maximum atomic E-state index is 12.1. The second kappa shape index (κ2) is 6.99. The molecule has 0 spiro atoms. The molecule has 0 saturated carbocycles. The molecular formula is C12H21NO4S. The van der Waals surface area contributed by atoms with Gasteiger partial charge in [0.25, 0.3) is 0 Å². The zero-order chi connectivity index (χ0) is 13.7. The lowest BCUT2D eigenvalue weighted by atomic mass is 10.1. The van der Waals surface area contributed by atoms with Crippen molar-refractivity contribution < 1.29 is 19.4 Å².